The summed E-state index contributed by atoms with van der Waals surface area (Å²) >= 11 is 0. The van der Waals surface area contributed by atoms with Crippen LogP contribution in [-0.2, 0) is 0 Å². The molecule has 0 fully saturated rings. The fourth-order valence-electron chi connectivity index (χ4n) is 2.81. The lowest BCUT2D eigenvalue weighted by Crippen LogP contribution is -2.19. The van der Waals surface area contributed by atoms with Crippen LogP contribution in [0.3, 0.4) is 0 Å². The molecule has 0 radical (unpaired) electrons. The van der Waals surface area contributed by atoms with E-state index in [9.17, 15) is 9.18 Å². The van der Waals surface area contributed by atoms with Crippen LogP contribution in [0.4, 0.5) is 4.39 Å². The Morgan fingerprint density at radius 2 is 2.00 bits per heavy atom. The molecule has 4 rings (SSSR count). The smallest absolute Gasteiger partial charge is 0.288 e. The van der Waals surface area contributed by atoms with Crippen LogP contribution in [0.1, 0.15) is 16.3 Å². The number of nitrogens with zero attached hydrogens (tertiary/aromatic N) is 2. The van der Waals surface area contributed by atoms with Crippen molar-refractivity contribution in [2.75, 3.05) is 0 Å². The van der Waals surface area contributed by atoms with Gasteiger partial charge in [-0.2, -0.15) is 5.10 Å². The van der Waals surface area contributed by atoms with Crippen LogP contribution in [0.5, 0.6) is 0 Å². The maximum atomic E-state index is 14.2. The number of hydrogen-bond donors (Lipinski definition) is 3. The Balaban J connectivity index is 1.76. The Morgan fingerprint density at radius 3 is 2.77 bits per heavy atom. The summed E-state index contributed by atoms with van der Waals surface area (Å²) in [4.78, 5) is 22.4. The minimum atomic E-state index is -0.470. The number of amides is 1. The lowest BCUT2D eigenvalue weighted by atomic mass is 10.0. The summed E-state index contributed by atoms with van der Waals surface area (Å²) in [5.41, 5.74) is 4.41. The molecule has 0 saturated carbocycles. The Bertz CT molecular complexity index is 1080. The van der Waals surface area contributed by atoms with E-state index in [1.165, 1.54) is 12.3 Å². The zero-order valence-corrected chi connectivity index (χ0v) is 13.5. The number of carbonyl (C=O) groups excluding carboxylic acids is 1. The molecule has 2 heterocycles. The zero-order valence-electron chi connectivity index (χ0n) is 13.5. The van der Waals surface area contributed by atoms with Crippen LogP contribution in [0.2, 0.25) is 0 Å². The first-order chi connectivity index (χ1) is 12.7. The number of aromatic nitrogens is 3. The van der Waals surface area contributed by atoms with Gasteiger partial charge in [0, 0.05) is 23.3 Å². The van der Waals surface area contributed by atoms with Gasteiger partial charge in [-0.1, -0.05) is 42.5 Å². The third-order valence-corrected chi connectivity index (χ3v) is 3.94. The largest absolute Gasteiger partial charge is 0.348 e. The number of carbonyl (C=O) groups is 1. The van der Waals surface area contributed by atoms with E-state index in [4.69, 9.17) is 0 Å². The maximum Gasteiger partial charge on any atom is 0.288 e. The van der Waals surface area contributed by atoms with Crippen molar-refractivity contribution in [1.82, 2.24) is 20.4 Å². The number of hydrogen-bond acceptors (Lipinski definition) is 3. The second kappa shape index (κ2) is 6.64. The average Bonchev–Trinajstić information content (AvgIpc) is 3.30. The molecule has 7 heteroatoms. The summed E-state index contributed by atoms with van der Waals surface area (Å²) in [5.74, 6) is -0.378. The number of halogens is 1. The molecule has 0 bridgehead atoms. The highest BCUT2D eigenvalue weighted by Crippen LogP contribution is 2.33. The third kappa shape index (κ3) is 2.86. The lowest BCUT2D eigenvalue weighted by molar-refractivity contribution is 0.0951. The topological polar surface area (TPSA) is 85.9 Å². The molecule has 6 nitrogen and oxygen atoms in total. The van der Waals surface area contributed by atoms with Crippen molar-refractivity contribution in [3.8, 4) is 11.1 Å². The van der Waals surface area contributed by atoms with E-state index in [-0.39, 0.29) is 11.2 Å². The molecule has 0 aliphatic heterocycles. The van der Waals surface area contributed by atoms with E-state index >= 15 is 0 Å². The molecule has 2 aromatic heterocycles. The minimum absolute atomic E-state index is 0.243. The fraction of sp³-hybridized carbons (Fsp3) is 0. The fourth-order valence-corrected chi connectivity index (χ4v) is 2.81. The molecule has 0 atom stereocenters. The number of hydrazone groups is 1. The van der Waals surface area contributed by atoms with Crippen molar-refractivity contribution >= 4 is 23.0 Å². The van der Waals surface area contributed by atoms with E-state index in [0.29, 0.717) is 16.8 Å². The first-order valence-electron chi connectivity index (χ1n) is 7.92. The molecule has 128 valence electrons. The van der Waals surface area contributed by atoms with Crippen molar-refractivity contribution in [1.29, 1.82) is 0 Å². The summed E-state index contributed by atoms with van der Waals surface area (Å²) < 4.78 is 14.2. The van der Waals surface area contributed by atoms with Gasteiger partial charge in [0.25, 0.3) is 5.91 Å². The lowest BCUT2D eigenvalue weighted by Gasteiger charge is -2.04. The van der Waals surface area contributed by atoms with E-state index in [0.717, 1.165) is 5.56 Å². The minimum Gasteiger partial charge on any atom is -0.348 e. The van der Waals surface area contributed by atoms with Crippen molar-refractivity contribution in [2.45, 2.75) is 0 Å². The van der Waals surface area contributed by atoms with Crippen molar-refractivity contribution in [3.63, 3.8) is 0 Å². The number of fused-ring (bicyclic) bond motifs is 1. The zero-order chi connectivity index (χ0) is 17.9. The van der Waals surface area contributed by atoms with Gasteiger partial charge in [0.2, 0.25) is 0 Å². The van der Waals surface area contributed by atoms with Gasteiger partial charge in [-0.3, -0.25) is 4.79 Å². The Hall–Kier alpha value is -3.74. The summed E-state index contributed by atoms with van der Waals surface area (Å²) in [6, 6.07) is 14.1. The van der Waals surface area contributed by atoms with Crippen LogP contribution >= 0.6 is 0 Å². The first kappa shape index (κ1) is 15.8. The van der Waals surface area contributed by atoms with Gasteiger partial charge in [0.1, 0.15) is 17.3 Å². The van der Waals surface area contributed by atoms with E-state index < -0.39 is 11.7 Å². The van der Waals surface area contributed by atoms with Crippen LogP contribution in [0, 0.1) is 5.82 Å². The molecule has 4 aromatic rings. The van der Waals surface area contributed by atoms with Crippen LogP contribution in [-0.4, -0.2) is 27.1 Å². The highest BCUT2D eigenvalue weighted by Gasteiger charge is 2.20. The first-order valence-corrected chi connectivity index (χ1v) is 7.92. The predicted octanol–water partition coefficient (Wildman–Crippen LogP) is 3.46. The molecule has 0 aliphatic rings. The molecular weight excluding hydrogens is 333 g/mol. The number of nitrogens with one attached hydrogen (secondary N) is 3. The number of rotatable bonds is 4. The van der Waals surface area contributed by atoms with Crippen molar-refractivity contribution < 1.29 is 9.18 Å². The molecule has 2 aromatic carbocycles. The quantitative estimate of drug-likeness (QED) is 0.390. The predicted molar refractivity (Wildman–Crippen MR) is 97.3 cm³/mol. The highest BCUT2D eigenvalue weighted by molar-refractivity contribution is 6.09. The molecule has 1 amide bonds. The number of para-hydroxylation sites is 1. The molecule has 26 heavy (non-hydrogen) atoms. The van der Waals surface area contributed by atoms with Crippen LogP contribution in [0.15, 0.2) is 66.0 Å². The van der Waals surface area contributed by atoms with Crippen molar-refractivity contribution in [3.05, 3.63) is 78.3 Å². The number of imidazole rings is 1. The normalized spacial score (nSPS) is 11.3. The van der Waals surface area contributed by atoms with E-state index in [2.05, 4.69) is 25.5 Å². The Kier molecular flexibility index (Phi) is 4.03. The summed E-state index contributed by atoms with van der Waals surface area (Å²) in [6.07, 6.45) is 4.62. The van der Waals surface area contributed by atoms with Gasteiger partial charge in [-0.15, -0.1) is 0 Å². The second-order valence-corrected chi connectivity index (χ2v) is 5.58. The Morgan fingerprint density at radius 1 is 1.15 bits per heavy atom. The molecular formula is C19H14FN5O. The SMILES string of the molecule is O=C(N/N=C\c1ncc[nH]1)c1[nH]c2c(F)cccc2c1-c1ccccc1. The van der Waals surface area contributed by atoms with Gasteiger partial charge in [-0.05, 0) is 11.6 Å². The Labute approximate surface area is 147 Å². The van der Waals surface area contributed by atoms with Gasteiger partial charge >= 0.3 is 0 Å². The number of benzene rings is 2. The van der Waals surface area contributed by atoms with Gasteiger partial charge in [0.15, 0.2) is 0 Å². The van der Waals surface area contributed by atoms with Crippen molar-refractivity contribution in [2.24, 2.45) is 5.10 Å². The van der Waals surface area contributed by atoms with E-state index in [1.54, 1.807) is 24.5 Å². The molecule has 0 saturated heterocycles. The number of H-pyrrole nitrogens is 2. The second-order valence-electron chi connectivity index (χ2n) is 5.58. The van der Waals surface area contributed by atoms with Gasteiger partial charge in [0.05, 0.1) is 11.7 Å². The monoisotopic (exact) mass is 347 g/mol. The molecule has 3 N–H and O–H groups in total. The third-order valence-electron chi connectivity index (χ3n) is 3.94. The average molecular weight is 347 g/mol. The summed E-state index contributed by atoms with van der Waals surface area (Å²) in [5, 5.41) is 4.52. The molecule has 0 spiro atoms. The maximum absolute atomic E-state index is 14.2. The highest BCUT2D eigenvalue weighted by atomic mass is 19.1. The van der Waals surface area contributed by atoms with Crippen LogP contribution in [0.25, 0.3) is 22.0 Å². The van der Waals surface area contributed by atoms with Gasteiger partial charge in [-0.25, -0.2) is 14.8 Å². The van der Waals surface area contributed by atoms with Crippen LogP contribution < -0.4 is 5.43 Å². The summed E-state index contributed by atoms with van der Waals surface area (Å²) in [7, 11) is 0. The van der Waals surface area contributed by atoms with E-state index in [1.807, 2.05) is 30.3 Å². The van der Waals surface area contributed by atoms with Gasteiger partial charge < -0.3 is 9.97 Å². The number of aromatic amines is 2. The molecule has 0 aliphatic carbocycles. The molecule has 0 unspecified atom stereocenters. The standard InChI is InChI=1S/C19H14FN5O/c20-14-8-4-7-13-16(12-5-2-1-3-6-12)18(24-17(13)14)19(26)25-23-11-15-21-9-10-22-15/h1-11,24H,(H,21,22)(H,25,26)/b23-11-. The summed E-state index contributed by atoms with van der Waals surface area (Å²) in [6.45, 7) is 0.